The molecule has 0 radical (unpaired) electrons. The number of carbonyl (C=O) groups is 1. The van der Waals surface area contributed by atoms with Crippen LogP contribution >= 0.6 is 0 Å². The topological polar surface area (TPSA) is 41.1 Å². The van der Waals surface area contributed by atoms with Crippen LogP contribution in [0.15, 0.2) is 60.7 Å². The Hall–Kier alpha value is -2.13. The average Bonchev–Trinajstić information content (AvgIpc) is 2.61. The summed E-state index contributed by atoms with van der Waals surface area (Å²) in [7, 11) is 0. The van der Waals surface area contributed by atoms with Crippen LogP contribution < -0.4 is 10.9 Å². The molecule has 22 heavy (non-hydrogen) atoms. The van der Waals surface area contributed by atoms with Crippen LogP contribution in [0.3, 0.4) is 0 Å². The molecule has 1 fully saturated rings. The van der Waals surface area contributed by atoms with Crippen LogP contribution in [0, 0.1) is 0 Å². The second-order valence-corrected chi connectivity index (χ2v) is 5.87. The van der Waals surface area contributed by atoms with E-state index in [2.05, 4.69) is 35.1 Å². The van der Waals surface area contributed by atoms with Crippen molar-refractivity contribution < 1.29 is 4.79 Å². The summed E-state index contributed by atoms with van der Waals surface area (Å²) in [5.41, 5.74) is 8.19. The summed E-state index contributed by atoms with van der Waals surface area (Å²) in [5, 5.41) is 0. The van der Waals surface area contributed by atoms with Crippen molar-refractivity contribution in [3.63, 3.8) is 0 Å². The zero-order valence-electron chi connectivity index (χ0n) is 12.7. The normalized spacial score (nSPS) is 21.3. The van der Waals surface area contributed by atoms with Crippen LogP contribution in [-0.4, -0.2) is 11.9 Å². The molecule has 0 saturated heterocycles. The van der Waals surface area contributed by atoms with E-state index in [1.165, 1.54) is 24.8 Å². The smallest absolute Gasteiger partial charge is 0.265 e. The monoisotopic (exact) mass is 294 g/mol. The van der Waals surface area contributed by atoms with E-state index in [1.807, 2.05) is 36.4 Å². The van der Waals surface area contributed by atoms with Gasteiger partial charge < -0.3 is 0 Å². The van der Waals surface area contributed by atoms with Crippen molar-refractivity contribution in [1.29, 1.82) is 0 Å². The zero-order chi connectivity index (χ0) is 15.2. The number of hydrogen-bond acceptors (Lipinski definition) is 2. The lowest BCUT2D eigenvalue weighted by Gasteiger charge is -2.32. The van der Waals surface area contributed by atoms with Gasteiger partial charge in [-0.25, -0.2) is 5.43 Å². The largest absolute Gasteiger partial charge is 0.287 e. The number of hydrazine groups is 1. The van der Waals surface area contributed by atoms with Gasteiger partial charge in [-0.3, -0.25) is 10.2 Å². The molecule has 2 atom stereocenters. The minimum Gasteiger partial charge on any atom is -0.287 e. The van der Waals surface area contributed by atoms with Gasteiger partial charge in [-0.05, 0) is 30.5 Å². The fourth-order valence-electron chi connectivity index (χ4n) is 3.22. The molecule has 114 valence electrons. The Bertz CT molecular complexity index is 597. The van der Waals surface area contributed by atoms with Gasteiger partial charge in [-0.2, -0.15) is 0 Å². The van der Waals surface area contributed by atoms with Crippen LogP contribution in [0.25, 0.3) is 0 Å². The minimum absolute atomic E-state index is 0.0713. The van der Waals surface area contributed by atoms with E-state index in [9.17, 15) is 4.79 Å². The average molecular weight is 294 g/mol. The van der Waals surface area contributed by atoms with Gasteiger partial charge in [0, 0.05) is 17.5 Å². The Labute approximate surface area is 131 Å². The van der Waals surface area contributed by atoms with Gasteiger partial charge in [-0.15, -0.1) is 0 Å². The van der Waals surface area contributed by atoms with Crippen LogP contribution in [0.1, 0.15) is 47.5 Å². The molecule has 1 saturated carbocycles. The third kappa shape index (κ3) is 3.55. The van der Waals surface area contributed by atoms with E-state index in [4.69, 9.17) is 0 Å². The summed E-state index contributed by atoms with van der Waals surface area (Å²) in [6, 6.07) is 20.2. The highest BCUT2D eigenvalue weighted by atomic mass is 16.2. The highest BCUT2D eigenvalue weighted by Crippen LogP contribution is 2.32. The molecule has 2 N–H and O–H groups in total. The number of hydrogen-bond donors (Lipinski definition) is 2. The fourth-order valence-corrected chi connectivity index (χ4v) is 3.22. The second kappa shape index (κ2) is 7.23. The van der Waals surface area contributed by atoms with Crippen molar-refractivity contribution in [2.75, 3.05) is 0 Å². The molecule has 0 bridgehead atoms. The molecule has 3 rings (SSSR count). The van der Waals surface area contributed by atoms with Crippen LogP contribution in [-0.2, 0) is 0 Å². The molecule has 1 amide bonds. The maximum Gasteiger partial charge on any atom is 0.265 e. The van der Waals surface area contributed by atoms with Crippen LogP contribution in [0.4, 0.5) is 0 Å². The lowest BCUT2D eigenvalue weighted by atomic mass is 9.80. The third-order valence-corrected chi connectivity index (χ3v) is 4.40. The van der Waals surface area contributed by atoms with Crippen molar-refractivity contribution in [3.05, 3.63) is 71.8 Å². The first-order valence-corrected chi connectivity index (χ1v) is 8.00. The fraction of sp³-hybridized carbons (Fsp3) is 0.316. The summed E-state index contributed by atoms with van der Waals surface area (Å²) in [4.78, 5) is 12.2. The standard InChI is InChI=1S/C19H22N2O/c22-19(16-11-5-2-6-12-16)21-20-18-14-8-7-13-17(18)15-9-3-1-4-10-15/h1-6,9-12,17-18,20H,7-8,13-14H2,(H,21,22)/t17-,18-/m1/s1. The minimum atomic E-state index is -0.0713. The number of rotatable bonds is 4. The Morgan fingerprint density at radius 2 is 1.50 bits per heavy atom. The molecule has 1 aliphatic carbocycles. The zero-order valence-corrected chi connectivity index (χ0v) is 12.7. The molecule has 3 nitrogen and oxygen atoms in total. The first kappa shape index (κ1) is 14.8. The maximum absolute atomic E-state index is 12.2. The Morgan fingerprint density at radius 3 is 2.23 bits per heavy atom. The summed E-state index contributed by atoms with van der Waals surface area (Å²) >= 11 is 0. The van der Waals surface area contributed by atoms with E-state index in [1.54, 1.807) is 0 Å². The molecule has 0 aromatic heterocycles. The Morgan fingerprint density at radius 1 is 0.864 bits per heavy atom. The predicted octanol–water partition coefficient (Wildman–Crippen LogP) is 3.65. The van der Waals surface area contributed by atoms with Crippen LogP contribution in [0.2, 0.25) is 0 Å². The first-order valence-electron chi connectivity index (χ1n) is 8.00. The molecular formula is C19H22N2O. The van der Waals surface area contributed by atoms with Crippen molar-refractivity contribution in [1.82, 2.24) is 10.9 Å². The Balaban J connectivity index is 1.64. The molecule has 0 spiro atoms. The van der Waals surface area contributed by atoms with Crippen molar-refractivity contribution in [3.8, 4) is 0 Å². The number of nitrogens with one attached hydrogen (secondary N) is 2. The predicted molar refractivity (Wildman–Crippen MR) is 88.5 cm³/mol. The quantitative estimate of drug-likeness (QED) is 0.845. The first-order chi connectivity index (χ1) is 10.8. The molecular weight excluding hydrogens is 272 g/mol. The lowest BCUT2D eigenvalue weighted by molar-refractivity contribution is 0.0916. The van der Waals surface area contributed by atoms with E-state index >= 15 is 0 Å². The number of amides is 1. The summed E-state index contributed by atoms with van der Waals surface area (Å²) in [6.45, 7) is 0. The van der Waals surface area contributed by atoms with Crippen molar-refractivity contribution >= 4 is 5.91 Å². The molecule has 3 heteroatoms. The molecule has 0 heterocycles. The molecule has 2 aromatic rings. The van der Waals surface area contributed by atoms with Crippen molar-refractivity contribution in [2.45, 2.75) is 37.6 Å². The second-order valence-electron chi connectivity index (χ2n) is 5.87. The van der Waals surface area contributed by atoms with Gasteiger partial charge in [0.05, 0.1) is 0 Å². The summed E-state index contributed by atoms with van der Waals surface area (Å²) in [5.74, 6) is 0.393. The van der Waals surface area contributed by atoms with Crippen molar-refractivity contribution in [2.24, 2.45) is 0 Å². The van der Waals surface area contributed by atoms with Gasteiger partial charge in [0.15, 0.2) is 0 Å². The number of benzene rings is 2. The van der Waals surface area contributed by atoms with E-state index in [-0.39, 0.29) is 5.91 Å². The molecule has 2 aromatic carbocycles. The highest BCUT2D eigenvalue weighted by Gasteiger charge is 2.26. The van der Waals surface area contributed by atoms with Gasteiger partial charge >= 0.3 is 0 Å². The SMILES string of the molecule is O=C(NN[C@@H]1CCCC[C@@H]1c1ccccc1)c1ccccc1. The van der Waals surface area contributed by atoms with Gasteiger partial charge in [0.1, 0.15) is 0 Å². The molecule has 0 unspecified atom stereocenters. The summed E-state index contributed by atoms with van der Waals surface area (Å²) in [6.07, 6.45) is 4.73. The summed E-state index contributed by atoms with van der Waals surface area (Å²) < 4.78 is 0. The van der Waals surface area contributed by atoms with E-state index in [0.29, 0.717) is 17.5 Å². The van der Waals surface area contributed by atoms with Gasteiger partial charge in [0.2, 0.25) is 0 Å². The lowest BCUT2D eigenvalue weighted by Crippen LogP contribution is -2.48. The third-order valence-electron chi connectivity index (χ3n) is 4.40. The van der Waals surface area contributed by atoms with E-state index < -0.39 is 0 Å². The van der Waals surface area contributed by atoms with Crippen LogP contribution in [0.5, 0.6) is 0 Å². The molecule has 0 aliphatic heterocycles. The van der Waals surface area contributed by atoms with E-state index in [0.717, 1.165) is 6.42 Å². The Kier molecular flexibility index (Phi) is 4.86. The molecule has 1 aliphatic rings. The van der Waals surface area contributed by atoms with Gasteiger partial charge in [0.25, 0.3) is 5.91 Å². The number of carbonyl (C=O) groups excluding carboxylic acids is 1. The maximum atomic E-state index is 12.2. The van der Waals surface area contributed by atoms with Gasteiger partial charge in [-0.1, -0.05) is 61.4 Å². The highest BCUT2D eigenvalue weighted by molar-refractivity contribution is 5.93.